The molecule has 1 N–H and O–H groups in total. The van der Waals surface area contributed by atoms with E-state index in [9.17, 15) is 4.79 Å². The van der Waals surface area contributed by atoms with Gasteiger partial charge in [-0.15, -0.1) is 11.3 Å². The highest BCUT2D eigenvalue weighted by molar-refractivity contribution is 7.10. The van der Waals surface area contributed by atoms with E-state index in [0.29, 0.717) is 5.57 Å². The summed E-state index contributed by atoms with van der Waals surface area (Å²) in [6, 6.07) is 9.83. The number of benzene rings is 1. The van der Waals surface area contributed by atoms with Gasteiger partial charge >= 0.3 is 5.97 Å². The lowest BCUT2D eigenvalue weighted by Crippen LogP contribution is -2.29. The minimum absolute atomic E-state index is 0.172. The molecule has 3 heterocycles. The molecule has 1 aliphatic rings. The maximum absolute atomic E-state index is 13.0. The van der Waals surface area contributed by atoms with E-state index in [0.717, 1.165) is 33.1 Å². The molecule has 3 aromatic rings. The summed E-state index contributed by atoms with van der Waals surface area (Å²) in [6.07, 6.45) is -0.172. The fraction of sp³-hybridized carbons (Fsp3) is 0.300. The average Bonchev–Trinajstić information content (AvgIpc) is 3.15. The summed E-state index contributed by atoms with van der Waals surface area (Å²) in [6.45, 7) is 7.73. The largest absolute Gasteiger partial charge is 0.459 e. The smallest absolute Gasteiger partial charge is 0.338 e. The van der Waals surface area contributed by atoms with E-state index in [1.54, 1.807) is 11.3 Å². The van der Waals surface area contributed by atoms with Crippen LogP contribution in [0.5, 0.6) is 0 Å². The number of esters is 1. The Morgan fingerprint density at radius 2 is 2.04 bits per heavy atom. The summed E-state index contributed by atoms with van der Waals surface area (Å²) in [4.78, 5) is 18.8. The molecular weight excluding hydrogens is 346 g/mol. The van der Waals surface area contributed by atoms with Gasteiger partial charge in [-0.25, -0.2) is 9.78 Å². The molecule has 0 aliphatic carbocycles. The van der Waals surface area contributed by atoms with Crippen molar-refractivity contribution in [3.63, 3.8) is 0 Å². The van der Waals surface area contributed by atoms with Crippen LogP contribution in [0.3, 0.4) is 0 Å². The number of anilines is 1. The molecule has 1 aromatic carbocycles. The molecule has 0 bridgehead atoms. The Morgan fingerprint density at radius 1 is 1.27 bits per heavy atom. The third-order valence-corrected chi connectivity index (χ3v) is 5.61. The number of nitrogens with one attached hydrogen (secondary N) is 1. The number of ether oxygens (including phenoxy) is 1. The standard InChI is InChI=1S/C20H21N3O2S/c1-11(2)25-19(24)16-13(4)21-20-22-14-7-5-6-8-15(14)23(20)17(16)18-12(3)9-10-26-18/h5-11,17H,1-4H3,(H,21,22). The van der Waals surface area contributed by atoms with Gasteiger partial charge in [0, 0.05) is 10.6 Å². The topological polar surface area (TPSA) is 56.2 Å². The molecule has 0 amide bonds. The molecule has 5 nitrogen and oxygen atoms in total. The fourth-order valence-electron chi connectivity index (χ4n) is 3.42. The second-order valence-electron chi connectivity index (χ2n) is 6.78. The first kappa shape index (κ1) is 16.8. The third kappa shape index (κ3) is 2.61. The second-order valence-corrected chi connectivity index (χ2v) is 7.73. The maximum atomic E-state index is 13.0. The second kappa shape index (κ2) is 6.29. The van der Waals surface area contributed by atoms with Crippen LogP contribution in [0.25, 0.3) is 11.0 Å². The number of hydrogen-bond donors (Lipinski definition) is 1. The van der Waals surface area contributed by atoms with Gasteiger partial charge in [-0.05, 0) is 56.8 Å². The molecule has 134 valence electrons. The molecule has 4 rings (SSSR count). The summed E-state index contributed by atoms with van der Waals surface area (Å²) >= 11 is 1.66. The summed E-state index contributed by atoms with van der Waals surface area (Å²) < 4.78 is 7.68. The number of rotatable bonds is 3. The highest BCUT2D eigenvalue weighted by atomic mass is 32.1. The lowest BCUT2D eigenvalue weighted by Gasteiger charge is -2.30. The lowest BCUT2D eigenvalue weighted by molar-refractivity contribution is -0.143. The van der Waals surface area contributed by atoms with E-state index in [2.05, 4.69) is 28.3 Å². The summed E-state index contributed by atoms with van der Waals surface area (Å²) in [7, 11) is 0. The summed E-state index contributed by atoms with van der Waals surface area (Å²) in [5, 5.41) is 5.36. The van der Waals surface area contributed by atoms with Crippen LogP contribution in [0.15, 0.2) is 47.0 Å². The maximum Gasteiger partial charge on any atom is 0.338 e. The molecule has 0 spiro atoms. The van der Waals surface area contributed by atoms with Crippen LogP contribution in [0, 0.1) is 6.92 Å². The number of para-hydroxylation sites is 2. The van der Waals surface area contributed by atoms with Crippen LogP contribution in [-0.2, 0) is 9.53 Å². The first-order valence-corrected chi connectivity index (χ1v) is 9.55. The van der Waals surface area contributed by atoms with E-state index in [1.807, 2.05) is 45.0 Å². The van der Waals surface area contributed by atoms with Gasteiger partial charge in [0.15, 0.2) is 0 Å². The molecule has 1 atom stereocenters. The van der Waals surface area contributed by atoms with Gasteiger partial charge in [0.1, 0.15) is 6.04 Å². The van der Waals surface area contributed by atoms with Crippen molar-refractivity contribution >= 4 is 34.3 Å². The Hall–Kier alpha value is -2.60. The van der Waals surface area contributed by atoms with Crippen molar-refractivity contribution in [1.82, 2.24) is 9.55 Å². The minimum atomic E-state index is -0.286. The highest BCUT2D eigenvalue weighted by Crippen LogP contribution is 2.42. The predicted octanol–water partition coefficient (Wildman–Crippen LogP) is 4.65. The number of aryl methyl sites for hydroxylation is 1. The molecule has 0 saturated carbocycles. The Labute approximate surface area is 156 Å². The summed E-state index contributed by atoms with van der Waals surface area (Å²) in [5.41, 5.74) is 4.49. The Balaban J connectivity index is 1.97. The normalized spacial score (nSPS) is 16.7. The van der Waals surface area contributed by atoms with Crippen LogP contribution >= 0.6 is 11.3 Å². The molecule has 2 aromatic heterocycles. The zero-order chi connectivity index (χ0) is 18.4. The number of carbonyl (C=O) groups excluding carboxylic acids is 1. The Morgan fingerprint density at radius 3 is 2.73 bits per heavy atom. The van der Waals surface area contributed by atoms with E-state index in [1.165, 1.54) is 0 Å². The van der Waals surface area contributed by atoms with Crippen LogP contribution in [-0.4, -0.2) is 21.6 Å². The SMILES string of the molecule is CC1=C(C(=O)OC(C)C)C(c2sccc2C)n2c(nc3ccccc32)N1. The average molecular weight is 367 g/mol. The number of thiophene rings is 1. The zero-order valence-corrected chi connectivity index (χ0v) is 16.1. The number of carbonyl (C=O) groups is 1. The van der Waals surface area contributed by atoms with Gasteiger partial charge in [-0.1, -0.05) is 12.1 Å². The van der Waals surface area contributed by atoms with E-state index >= 15 is 0 Å². The van der Waals surface area contributed by atoms with E-state index < -0.39 is 0 Å². The quantitative estimate of drug-likeness (QED) is 0.685. The van der Waals surface area contributed by atoms with Crippen molar-refractivity contribution in [2.75, 3.05) is 5.32 Å². The van der Waals surface area contributed by atoms with Gasteiger partial charge in [0.05, 0.1) is 22.7 Å². The third-order valence-electron chi connectivity index (χ3n) is 4.54. The number of fused-ring (bicyclic) bond motifs is 3. The zero-order valence-electron chi connectivity index (χ0n) is 15.2. The van der Waals surface area contributed by atoms with Crippen LogP contribution in [0.4, 0.5) is 5.95 Å². The fourth-order valence-corrected chi connectivity index (χ4v) is 4.44. The molecule has 6 heteroatoms. The van der Waals surface area contributed by atoms with Gasteiger partial charge in [-0.2, -0.15) is 0 Å². The molecule has 1 aliphatic heterocycles. The first-order chi connectivity index (χ1) is 12.5. The molecule has 1 unspecified atom stereocenters. The van der Waals surface area contributed by atoms with Crippen LogP contribution < -0.4 is 5.32 Å². The Kier molecular flexibility index (Phi) is 4.07. The monoisotopic (exact) mass is 367 g/mol. The highest BCUT2D eigenvalue weighted by Gasteiger charge is 2.36. The molecule has 0 fully saturated rings. The van der Waals surface area contributed by atoms with Gasteiger partial charge in [0.2, 0.25) is 5.95 Å². The Bertz CT molecular complexity index is 1030. The number of aromatic nitrogens is 2. The molecule has 0 radical (unpaired) electrons. The van der Waals surface area contributed by atoms with Crippen molar-refractivity contribution in [2.45, 2.75) is 39.8 Å². The molecule has 0 saturated heterocycles. The van der Waals surface area contributed by atoms with Crippen molar-refractivity contribution in [3.8, 4) is 0 Å². The molecule has 26 heavy (non-hydrogen) atoms. The van der Waals surface area contributed by atoms with Crippen LogP contribution in [0.1, 0.15) is 37.3 Å². The summed E-state index contributed by atoms with van der Waals surface area (Å²) in [5.74, 6) is 0.467. The van der Waals surface area contributed by atoms with Crippen molar-refractivity contribution < 1.29 is 9.53 Å². The number of hydrogen-bond acceptors (Lipinski definition) is 5. The number of imidazole rings is 1. The number of nitrogens with zero attached hydrogens (tertiary/aromatic N) is 2. The van der Waals surface area contributed by atoms with E-state index in [-0.39, 0.29) is 18.1 Å². The molecular formula is C20H21N3O2S. The van der Waals surface area contributed by atoms with Crippen molar-refractivity contribution in [2.24, 2.45) is 0 Å². The minimum Gasteiger partial charge on any atom is -0.459 e. The predicted molar refractivity (Wildman–Crippen MR) is 104 cm³/mol. The van der Waals surface area contributed by atoms with E-state index in [4.69, 9.17) is 9.72 Å². The van der Waals surface area contributed by atoms with Crippen molar-refractivity contribution in [3.05, 3.63) is 57.4 Å². The van der Waals surface area contributed by atoms with Crippen molar-refractivity contribution in [1.29, 1.82) is 0 Å². The van der Waals surface area contributed by atoms with Gasteiger partial charge in [-0.3, -0.25) is 4.57 Å². The van der Waals surface area contributed by atoms with Crippen LogP contribution in [0.2, 0.25) is 0 Å². The van der Waals surface area contributed by atoms with Gasteiger partial charge < -0.3 is 10.1 Å². The number of allylic oxidation sites excluding steroid dienone is 1. The first-order valence-electron chi connectivity index (χ1n) is 8.67. The van der Waals surface area contributed by atoms with Gasteiger partial charge in [0.25, 0.3) is 0 Å². The lowest BCUT2D eigenvalue weighted by atomic mass is 9.99.